The fourth-order valence-electron chi connectivity index (χ4n) is 3.18. The molecule has 2 heterocycles. The Morgan fingerprint density at radius 3 is 2.50 bits per heavy atom. The normalized spacial score (nSPS) is 28.6. The predicted octanol–water partition coefficient (Wildman–Crippen LogP) is 0.800. The maximum Gasteiger partial charge on any atom is 0.243 e. The lowest BCUT2D eigenvalue weighted by Gasteiger charge is -2.39. The van der Waals surface area contributed by atoms with Gasteiger partial charge in [0.05, 0.1) is 0 Å². The largest absolute Gasteiger partial charge is 0.341 e. The number of amides is 1. The van der Waals surface area contributed by atoms with E-state index in [0.717, 1.165) is 25.6 Å². The fourth-order valence-corrected chi connectivity index (χ4v) is 3.62. The summed E-state index contributed by atoms with van der Waals surface area (Å²) in [6.07, 6.45) is 5.60. The van der Waals surface area contributed by atoms with Crippen LogP contribution in [0.4, 0.5) is 0 Å². The van der Waals surface area contributed by atoms with Gasteiger partial charge in [-0.25, -0.2) is 8.42 Å². The highest BCUT2D eigenvalue weighted by molar-refractivity contribution is 7.92. The van der Waals surface area contributed by atoms with Crippen LogP contribution in [0.3, 0.4) is 0 Å². The number of carbonyl (C=O) groups excluding carboxylic acids is 1. The average Bonchev–Trinajstić information content (AvgIpc) is 2.90. The maximum absolute atomic E-state index is 12.6. The van der Waals surface area contributed by atoms with Gasteiger partial charge in [0, 0.05) is 25.4 Å². The highest BCUT2D eigenvalue weighted by Crippen LogP contribution is 2.27. The number of hydrogen-bond acceptors (Lipinski definition) is 4. The van der Waals surface area contributed by atoms with Crippen LogP contribution in [-0.4, -0.2) is 55.9 Å². The Labute approximate surface area is 122 Å². The quantitative estimate of drug-likeness (QED) is 0.837. The van der Waals surface area contributed by atoms with Crippen molar-refractivity contribution in [2.75, 3.05) is 25.9 Å². The van der Waals surface area contributed by atoms with Gasteiger partial charge in [0.15, 0.2) is 9.84 Å². The van der Waals surface area contributed by atoms with E-state index in [1.807, 2.05) is 0 Å². The number of nitrogens with one attached hydrogen (secondary N) is 1. The minimum absolute atomic E-state index is 0.248. The predicted molar refractivity (Wildman–Crippen MR) is 79.3 cm³/mol. The summed E-state index contributed by atoms with van der Waals surface area (Å²) in [6.45, 7) is 5.46. The van der Waals surface area contributed by atoms with Gasteiger partial charge in [0.2, 0.25) is 5.91 Å². The van der Waals surface area contributed by atoms with E-state index in [4.69, 9.17) is 0 Å². The SMILES string of the molecule is CC(C)(C(=O)N1CCCC(C2CCCN2)C1)S(C)(=O)=O. The molecule has 2 atom stereocenters. The van der Waals surface area contributed by atoms with Crippen LogP contribution in [0.1, 0.15) is 39.5 Å². The molecule has 116 valence electrons. The highest BCUT2D eigenvalue weighted by Gasteiger charge is 2.43. The first kappa shape index (κ1) is 15.8. The molecular weight excluding hydrogens is 276 g/mol. The number of sulfone groups is 1. The van der Waals surface area contributed by atoms with Gasteiger partial charge in [-0.05, 0) is 52.0 Å². The molecule has 2 fully saturated rings. The lowest BCUT2D eigenvalue weighted by molar-refractivity contribution is -0.135. The number of nitrogens with zero attached hydrogens (tertiary/aromatic N) is 1. The molecule has 0 radical (unpaired) electrons. The molecule has 2 saturated heterocycles. The van der Waals surface area contributed by atoms with Crippen LogP contribution in [-0.2, 0) is 14.6 Å². The van der Waals surface area contributed by atoms with Crippen molar-refractivity contribution in [3.63, 3.8) is 0 Å². The van der Waals surface area contributed by atoms with Crippen molar-refractivity contribution in [3.8, 4) is 0 Å². The summed E-state index contributed by atoms with van der Waals surface area (Å²) in [7, 11) is -3.39. The molecule has 2 aliphatic rings. The van der Waals surface area contributed by atoms with Crippen LogP contribution in [0.5, 0.6) is 0 Å². The first-order valence-corrected chi connectivity index (χ1v) is 9.35. The van der Waals surface area contributed by atoms with Gasteiger partial charge in [0.1, 0.15) is 4.75 Å². The molecule has 0 aromatic heterocycles. The Kier molecular flexibility index (Phi) is 4.44. The second kappa shape index (κ2) is 5.64. The number of hydrogen-bond donors (Lipinski definition) is 1. The molecule has 0 spiro atoms. The minimum Gasteiger partial charge on any atom is -0.341 e. The third-order valence-electron chi connectivity index (χ3n) is 4.85. The van der Waals surface area contributed by atoms with E-state index < -0.39 is 14.6 Å². The Balaban J connectivity index is 2.07. The summed E-state index contributed by atoms with van der Waals surface area (Å²) in [5.41, 5.74) is 0. The zero-order chi connectivity index (χ0) is 15.0. The van der Waals surface area contributed by atoms with Crippen LogP contribution in [0.15, 0.2) is 0 Å². The molecule has 0 bridgehead atoms. The fraction of sp³-hybridized carbons (Fsp3) is 0.929. The van der Waals surface area contributed by atoms with Crippen molar-refractivity contribution < 1.29 is 13.2 Å². The topological polar surface area (TPSA) is 66.5 Å². The molecule has 6 heteroatoms. The second-order valence-corrected chi connectivity index (χ2v) is 9.20. The Morgan fingerprint density at radius 2 is 1.95 bits per heavy atom. The molecular formula is C14H26N2O3S. The Morgan fingerprint density at radius 1 is 1.25 bits per heavy atom. The molecule has 1 N–H and O–H groups in total. The summed E-state index contributed by atoms with van der Waals surface area (Å²) >= 11 is 0. The highest BCUT2D eigenvalue weighted by atomic mass is 32.2. The van der Waals surface area contributed by atoms with E-state index in [-0.39, 0.29) is 5.91 Å². The minimum atomic E-state index is -3.39. The standard InChI is InChI=1S/C14H26N2O3S/c1-14(2,20(3,18)19)13(17)16-9-5-6-11(10-16)12-7-4-8-15-12/h11-12,15H,4-10H2,1-3H3. The van der Waals surface area contributed by atoms with Gasteiger partial charge in [-0.1, -0.05) is 0 Å². The molecule has 2 rings (SSSR count). The third kappa shape index (κ3) is 3.01. The first-order chi connectivity index (χ1) is 9.23. The molecule has 0 aromatic carbocycles. The molecule has 2 unspecified atom stereocenters. The van der Waals surface area contributed by atoms with Crippen molar-refractivity contribution >= 4 is 15.7 Å². The van der Waals surface area contributed by atoms with Crippen LogP contribution in [0, 0.1) is 5.92 Å². The lowest BCUT2D eigenvalue weighted by Crippen LogP contribution is -2.54. The number of rotatable bonds is 3. The van der Waals surface area contributed by atoms with Crippen molar-refractivity contribution in [1.82, 2.24) is 10.2 Å². The van der Waals surface area contributed by atoms with Gasteiger partial charge < -0.3 is 10.2 Å². The molecule has 2 aliphatic heterocycles. The van der Waals surface area contributed by atoms with Crippen LogP contribution in [0.2, 0.25) is 0 Å². The van der Waals surface area contributed by atoms with E-state index in [1.54, 1.807) is 4.90 Å². The Hall–Kier alpha value is -0.620. The van der Waals surface area contributed by atoms with Gasteiger partial charge in [-0.3, -0.25) is 4.79 Å². The zero-order valence-corrected chi connectivity index (χ0v) is 13.5. The van der Waals surface area contributed by atoms with Gasteiger partial charge >= 0.3 is 0 Å². The Bertz CT molecular complexity index is 467. The smallest absolute Gasteiger partial charge is 0.243 e. The summed E-state index contributed by atoms with van der Waals surface area (Å²) in [5.74, 6) is 0.216. The number of piperidine rings is 1. The maximum atomic E-state index is 12.6. The van der Waals surface area contributed by atoms with E-state index in [9.17, 15) is 13.2 Å². The van der Waals surface area contributed by atoms with Gasteiger partial charge in [0.25, 0.3) is 0 Å². The third-order valence-corrected chi connectivity index (χ3v) is 6.88. The second-order valence-electron chi connectivity index (χ2n) is 6.64. The van der Waals surface area contributed by atoms with Crippen molar-refractivity contribution in [1.29, 1.82) is 0 Å². The zero-order valence-electron chi connectivity index (χ0n) is 12.7. The molecule has 0 aromatic rings. The van der Waals surface area contributed by atoms with Crippen LogP contribution < -0.4 is 5.32 Å². The lowest BCUT2D eigenvalue weighted by atomic mass is 9.89. The average molecular weight is 302 g/mol. The monoisotopic (exact) mass is 302 g/mol. The number of carbonyl (C=O) groups is 1. The molecule has 0 saturated carbocycles. The van der Waals surface area contributed by atoms with Crippen molar-refractivity contribution in [2.45, 2.75) is 50.3 Å². The summed E-state index contributed by atoms with van der Waals surface area (Å²) in [4.78, 5) is 14.3. The van der Waals surface area contributed by atoms with Gasteiger partial charge in [-0.2, -0.15) is 0 Å². The van der Waals surface area contributed by atoms with E-state index in [2.05, 4.69) is 5.32 Å². The molecule has 20 heavy (non-hydrogen) atoms. The van der Waals surface area contributed by atoms with Crippen LogP contribution >= 0.6 is 0 Å². The van der Waals surface area contributed by atoms with Gasteiger partial charge in [-0.15, -0.1) is 0 Å². The first-order valence-electron chi connectivity index (χ1n) is 7.46. The summed E-state index contributed by atoms with van der Waals surface area (Å²) in [6, 6.07) is 0.493. The molecule has 0 aliphatic carbocycles. The van der Waals surface area contributed by atoms with E-state index in [1.165, 1.54) is 26.7 Å². The van der Waals surface area contributed by atoms with E-state index >= 15 is 0 Å². The van der Waals surface area contributed by atoms with Crippen molar-refractivity contribution in [2.24, 2.45) is 5.92 Å². The summed E-state index contributed by atoms with van der Waals surface area (Å²) < 4.78 is 22.3. The number of likely N-dealkylation sites (tertiary alicyclic amines) is 1. The van der Waals surface area contributed by atoms with E-state index in [0.29, 0.717) is 25.0 Å². The molecule has 5 nitrogen and oxygen atoms in total. The van der Waals surface area contributed by atoms with Crippen molar-refractivity contribution in [3.05, 3.63) is 0 Å². The summed E-state index contributed by atoms with van der Waals surface area (Å²) in [5, 5.41) is 3.50. The van der Waals surface area contributed by atoms with Crippen LogP contribution in [0.25, 0.3) is 0 Å². The molecule has 1 amide bonds.